The lowest BCUT2D eigenvalue weighted by atomic mass is 9.96. The van der Waals surface area contributed by atoms with Gasteiger partial charge in [0.15, 0.2) is 0 Å². The lowest BCUT2D eigenvalue weighted by molar-refractivity contribution is -0.144. The van der Waals surface area contributed by atoms with Gasteiger partial charge in [-0.2, -0.15) is 11.8 Å². The van der Waals surface area contributed by atoms with Crippen LogP contribution >= 0.6 is 11.8 Å². The summed E-state index contributed by atoms with van der Waals surface area (Å²) >= 11 is 1.29. The van der Waals surface area contributed by atoms with E-state index in [9.17, 15) is 121 Å². The van der Waals surface area contributed by atoms with Gasteiger partial charge < -0.3 is 138 Å². The number of aliphatic hydroxyl groups is 2. The first-order chi connectivity index (χ1) is 61.4. The largest absolute Gasteiger partial charge is 0.481 e. The summed E-state index contributed by atoms with van der Waals surface area (Å²) in [6, 6.07) is -23.0. The number of aliphatic carboxylic acids is 2. The lowest BCUT2D eigenvalue weighted by Crippen LogP contribution is -2.61. The number of carbonyl (C=O) groups excluding carboxylic acids is 19. The van der Waals surface area contributed by atoms with Crippen LogP contribution in [0.5, 0.6) is 0 Å². The van der Waals surface area contributed by atoms with E-state index in [4.69, 9.17) is 11.5 Å². The third-order valence-electron chi connectivity index (χ3n) is 21.1. The van der Waals surface area contributed by atoms with Gasteiger partial charge in [0.05, 0.1) is 38.9 Å². The van der Waals surface area contributed by atoms with Crippen molar-refractivity contribution < 1.29 is 121 Å². The first kappa shape index (κ1) is 118. The number of amides is 19. The topological polar surface area (TPSA) is 732 Å². The van der Waals surface area contributed by atoms with Crippen molar-refractivity contribution in [3.8, 4) is 0 Å². The van der Waals surface area contributed by atoms with Crippen molar-refractivity contribution in [3.63, 3.8) is 0 Å². The zero-order valence-corrected chi connectivity index (χ0v) is 79.1. The fraction of sp³-hybridized carbons (Fsp3) is 0.747. The second-order valence-corrected chi connectivity index (χ2v) is 35.2. The number of rotatable bonds is 63. The van der Waals surface area contributed by atoms with Crippen molar-refractivity contribution in [3.05, 3.63) is 0 Å². The fourth-order valence-electron chi connectivity index (χ4n) is 12.9. The predicted molar refractivity (Wildman–Crippen MR) is 479 cm³/mol. The fourth-order valence-corrected chi connectivity index (χ4v) is 13.4. The molecule has 0 spiro atoms. The van der Waals surface area contributed by atoms with Gasteiger partial charge in [0.25, 0.3) is 0 Å². The molecule has 19 amide bonds. The van der Waals surface area contributed by atoms with Crippen molar-refractivity contribution in [1.29, 1.82) is 0 Å². The average molecular weight is 1880 g/mol. The van der Waals surface area contributed by atoms with E-state index in [-0.39, 0.29) is 63.3 Å². The Hall–Kier alpha value is -11.0. The number of carboxylic acid groups (broad SMARTS) is 2. The molecule has 744 valence electrons. The Kier molecular flexibility index (Phi) is 55.5. The van der Waals surface area contributed by atoms with E-state index in [1.165, 1.54) is 53.3 Å². The first-order valence-electron chi connectivity index (χ1n) is 44.4. The summed E-state index contributed by atoms with van der Waals surface area (Å²) in [5, 5.41) is 89.1. The third kappa shape index (κ3) is 44.2. The Morgan fingerprint density at radius 2 is 0.687 bits per heavy atom. The molecule has 0 unspecified atom stereocenters. The number of aliphatic hydroxyl groups excluding tert-OH is 2. The zero-order chi connectivity index (χ0) is 99.8. The lowest BCUT2D eigenvalue weighted by Gasteiger charge is -2.28. The van der Waals surface area contributed by atoms with Gasteiger partial charge in [-0.3, -0.25) is 95.9 Å². The molecule has 0 bridgehead atoms. The molecule has 48 heteroatoms. The maximum atomic E-state index is 14.4. The molecule has 1 rings (SSSR count). The van der Waals surface area contributed by atoms with Gasteiger partial charge in [-0.15, -0.1) is 0 Å². The molecule has 0 saturated carbocycles. The van der Waals surface area contributed by atoms with Crippen molar-refractivity contribution in [2.45, 2.75) is 297 Å². The van der Waals surface area contributed by atoms with Crippen LogP contribution in [0.15, 0.2) is 0 Å². The summed E-state index contributed by atoms with van der Waals surface area (Å²) in [6.07, 6.45) is 3.26. The molecule has 18 atom stereocenters. The van der Waals surface area contributed by atoms with Crippen LogP contribution in [0.25, 0.3) is 0 Å². The van der Waals surface area contributed by atoms with Crippen molar-refractivity contribution >= 4 is 136 Å². The van der Waals surface area contributed by atoms with Gasteiger partial charge >= 0.3 is 11.9 Å². The van der Waals surface area contributed by atoms with Crippen LogP contribution in [-0.4, -0.2) is 312 Å². The van der Waals surface area contributed by atoms with E-state index in [0.29, 0.717) is 32.2 Å². The van der Waals surface area contributed by atoms with Gasteiger partial charge in [-0.1, -0.05) is 89.5 Å². The third-order valence-corrected chi connectivity index (χ3v) is 21.8. The highest BCUT2D eigenvalue weighted by molar-refractivity contribution is 7.98. The monoisotopic (exact) mass is 1880 g/mol. The number of carboxylic acids is 2. The maximum absolute atomic E-state index is 14.4. The number of hydrogen-bond acceptors (Lipinski definition) is 27. The molecular weight excluding hydrogens is 1740 g/mol. The number of nitrogens with one attached hydrogen (secondary N) is 20. The average Bonchev–Trinajstić information content (AvgIpc) is 1.30. The number of hydrogen-bond donors (Lipinski definition) is 26. The van der Waals surface area contributed by atoms with Gasteiger partial charge in [0, 0.05) is 6.42 Å². The molecule has 131 heavy (non-hydrogen) atoms. The van der Waals surface area contributed by atoms with E-state index in [0.717, 1.165) is 6.42 Å². The van der Waals surface area contributed by atoms with Gasteiger partial charge in [0.1, 0.15) is 96.7 Å². The highest BCUT2D eigenvalue weighted by Gasteiger charge is 2.40. The number of carbonyl (C=O) groups is 21. The van der Waals surface area contributed by atoms with Gasteiger partial charge in [0.2, 0.25) is 112 Å². The Bertz CT molecular complexity index is 3840. The molecule has 0 aromatic carbocycles. The zero-order valence-electron chi connectivity index (χ0n) is 78.3. The van der Waals surface area contributed by atoms with Crippen LogP contribution in [0.1, 0.15) is 194 Å². The molecule has 0 aromatic rings. The first-order valence-corrected chi connectivity index (χ1v) is 45.8. The molecule has 1 aliphatic rings. The standard InChI is InChI=1S/C83H146N22O25S/c1-18-45(12)66(82(128)104-65(44(10)11)83(129)130)105-70(116)48(15)92-76(122)55(34-40(2)3)99-68(114)47(14)90-67(113)46(13)91-72(118)53(27-28-61(111)112)97-74(120)52(25-20-22-31-85)96-75(121)54(29-33-131-17)98-73(119)51(24-19-21-30-84)94-58(108)36-88-79(125)62(41(4)5)101-60(110)37-89-80(126)63(42(6)7)102-69(115)49(16)93-81(127)64(43(8)9)103-78(124)57(39-107)100-77(123)56(38-106)95-59(109)35-87-71(117)50-26-23-32-86-50/h40-57,62-66,86,106-107H,18-39,84-85H2,1-17H3,(H,87,117)(H,88,125)(H,89,126)(H,90,113)(H,91,118)(H,92,122)(H,93,127)(H,94,108)(H,95,109)(H,96,121)(H,97,120)(H,98,119)(H,99,114)(H,100,123)(H,101,110)(H,102,115)(H,103,124)(H,104,128)(H,105,116)(H,111,112)(H,129,130)/t45-,46-,47-,48-,49-,50-,51-,52-,53-,54-,55-,56-,57-,62-,63-,64-,65-,66-/m0/s1. The molecule has 1 aliphatic heterocycles. The van der Waals surface area contributed by atoms with Crippen molar-refractivity contribution in [1.82, 2.24) is 106 Å². The van der Waals surface area contributed by atoms with E-state index in [1.807, 2.05) is 0 Å². The van der Waals surface area contributed by atoms with Crippen molar-refractivity contribution in [2.24, 2.45) is 47.0 Å². The van der Waals surface area contributed by atoms with Crippen LogP contribution in [0, 0.1) is 35.5 Å². The van der Waals surface area contributed by atoms with Crippen LogP contribution < -0.4 is 118 Å². The minimum Gasteiger partial charge on any atom is -0.481 e. The Balaban J connectivity index is 3.21. The molecule has 1 heterocycles. The smallest absolute Gasteiger partial charge is 0.326 e. The van der Waals surface area contributed by atoms with E-state index >= 15 is 0 Å². The van der Waals surface area contributed by atoms with Crippen LogP contribution in [-0.2, 0) is 101 Å². The second kappa shape index (κ2) is 61.6. The van der Waals surface area contributed by atoms with E-state index < -0.39 is 302 Å². The molecule has 0 aliphatic carbocycles. The normalized spacial score (nSPS) is 16.3. The van der Waals surface area contributed by atoms with E-state index in [2.05, 4.69) is 106 Å². The molecule has 1 fully saturated rings. The summed E-state index contributed by atoms with van der Waals surface area (Å²) in [5.74, 6) is -22.3. The number of unbranched alkanes of at least 4 members (excludes halogenated alkanes) is 2. The maximum Gasteiger partial charge on any atom is 0.326 e. The van der Waals surface area contributed by atoms with Crippen LogP contribution in [0.3, 0.4) is 0 Å². The summed E-state index contributed by atoms with van der Waals surface area (Å²) in [6.45, 7) is 21.6. The van der Waals surface area contributed by atoms with E-state index in [1.54, 1.807) is 75.5 Å². The molecule has 1 saturated heterocycles. The highest BCUT2D eigenvalue weighted by Crippen LogP contribution is 2.16. The quantitative estimate of drug-likeness (QED) is 0.0252. The predicted octanol–water partition coefficient (Wildman–Crippen LogP) is -7.42. The summed E-state index contributed by atoms with van der Waals surface area (Å²) < 4.78 is 0. The molecular formula is C83H146N22O25S. The highest BCUT2D eigenvalue weighted by atomic mass is 32.2. The second-order valence-electron chi connectivity index (χ2n) is 34.2. The van der Waals surface area contributed by atoms with Crippen LogP contribution in [0.4, 0.5) is 0 Å². The van der Waals surface area contributed by atoms with Crippen molar-refractivity contribution in [2.75, 3.05) is 64.5 Å². The molecule has 0 aromatic heterocycles. The SMILES string of the molecule is CC[C@H](C)[C@H](NC(=O)[C@H](C)NC(=O)[C@H](CC(C)C)NC(=O)[C@H](C)NC(=O)[C@H](C)NC(=O)[C@H](CCC(=O)O)NC(=O)[C@H](CCCCN)NC(=O)[C@H](CCSC)NC(=O)[C@H](CCCCN)NC(=O)CNC(=O)[C@@H](NC(=O)CNC(=O)[C@@H](NC(=O)[C@H](C)NC(=O)[C@@H](NC(=O)[C@H](CO)NC(=O)[C@H](CO)NC(=O)CNC(=O)[C@@H]1CCCN1)C(C)C)C(C)C)C(C)C)C(=O)N[C@H](C(=O)O)C(C)C. The Morgan fingerprint density at radius 3 is 1.11 bits per heavy atom. The number of nitrogens with two attached hydrogens (primary N) is 2. The molecule has 47 nitrogen and oxygen atoms in total. The molecule has 28 N–H and O–H groups in total. The minimum atomic E-state index is -1.72. The van der Waals surface area contributed by atoms with Gasteiger partial charge in [-0.05, 0) is 165 Å². The summed E-state index contributed by atoms with van der Waals surface area (Å²) in [4.78, 5) is 282. The Morgan fingerprint density at radius 1 is 0.359 bits per heavy atom. The summed E-state index contributed by atoms with van der Waals surface area (Å²) in [5.41, 5.74) is 11.6. The minimum absolute atomic E-state index is 0.0381. The number of thioether (sulfide) groups is 1. The summed E-state index contributed by atoms with van der Waals surface area (Å²) in [7, 11) is 0. The Labute approximate surface area is 768 Å². The van der Waals surface area contributed by atoms with Gasteiger partial charge in [-0.25, -0.2) is 4.79 Å². The van der Waals surface area contributed by atoms with Crippen LogP contribution in [0.2, 0.25) is 0 Å². The molecule has 0 radical (unpaired) electrons.